The maximum Gasteiger partial charge on any atom is 0.420 e. The highest BCUT2D eigenvalue weighted by molar-refractivity contribution is 5.43. The van der Waals surface area contributed by atoms with Crippen LogP contribution >= 0.6 is 0 Å². The number of rotatable bonds is 1. The molecule has 1 N–H and O–H groups in total. The number of benzene rings is 1. The van der Waals surface area contributed by atoms with Crippen LogP contribution in [0.5, 0.6) is 0 Å². The molecule has 0 spiro atoms. The van der Waals surface area contributed by atoms with E-state index in [0.29, 0.717) is 0 Å². The zero-order valence-corrected chi connectivity index (χ0v) is 8.11. The lowest BCUT2D eigenvalue weighted by Crippen LogP contribution is -2.10. The van der Waals surface area contributed by atoms with Crippen molar-refractivity contribution in [3.8, 4) is 11.8 Å². The standard InChI is InChI=1S/C11H8F4O/c12-9-6-3-5-8(4-1-2-7-16)10(9)11(13,14)15/h3,5-6,16H,2,7H2. The van der Waals surface area contributed by atoms with Gasteiger partial charge in [0, 0.05) is 12.0 Å². The second-order valence-electron chi connectivity index (χ2n) is 2.94. The fourth-order valence-corrected chi connectivity index (χ4v) is 1.13. The van der Waals surface area contributed by atoms with Gasteiger partial charge in [-0.25, -0.2) is 4.39 Å². The summed E-state index contributed by atoms with van der Waals surface area (Å²) in [5.74, 6) is 3.17. The van der Waals surface area contributed by atoms with Crippen molar-refractivity contribution in [3.63, 3.8) is 0 Å². The van der Waals surface area contributed by atoms with Crippen molar-refractivity contribution >= 4 is 0 Å². The Morgan fingerprint density at radius 2 is 1.94 bits per heavy atom. The third kappa shape index (κ3) is 2.97. The van der Waals surface area contributed by atoms with Crippen molar-refractivity contribution in [2.75, 3.05) is 6.61 Å². The van der Waals surface area contributed by atoms with Crippen LogP contribution in [0.2, 0.25) is 0 Å². The SMILES string of the molecule is OCCC#Cc1cccc(F)c1C(F)(F)F. The van der Waals surface area contributed by atoms with Gasteiger partial charge in [-0.3, -0.25) is 0 Å². The highest BCUT2D eigenvalue weighted by atomic mass is 19.4. The molecule has 1 nitrogen and oxygen atoms in total. The molecule has 0 atom stereocenters. The fourth-order valence-electron chi connectivity index (χ4n) is 1.13. The predicted molar refractivity (Wildman–Crippen MR) is 50.0 cm³/mol. The van der Waals surface area contributed by atoms with Gasteiger partial charge in [-0.05, 0) is 12.1 Å². The van der Waals surface area contributed by atoms with E-state index in [0.717, 1.165) is 18.2 Å². The lowest BCUT2D eigenvalue weighted by atomic mass is 10.1. The summed E-state index contributed by atoms with van der Waals surface area (Å²) in [5.41, 5.74) is -1.78. The molecule has 5 heteroatoms. The molecule has 0 unspecified atom stereocenters. The molecule has 0 fully saturated rings. The number of alkyl halides is 3. The summed E-state index contributed by atoms with van der Waals surface area (Å²) in [6, 6.07) is 2.99. The van der Waals surface area contributed by atoms with Crippen LogP contribution in [-0.4, -0.2) is 11.7 Å². The topological polar surface area (TPSA) is 20.2 Å². The predicted octanol–water partition coefficient (Wildman–Crippen LogP) is 2.58. The molecule has 0 radical (unpaired) electrons. The molecule has 86 valence electrons. The van der Waals surface area contributed by atoms with E-state index >= 15 is 0 Å². The van der Waals surface area contributed by atoms with Crippen LogP contribution < -0.4 is 0 Å². The first-order valence-corrected chi connectivity index (χ1v) is 4.42. The van der Waals surface area contributed by atoms with Crippen molar-refractivity contribution in [3.05, 3.63) is 35.1 Å². The quantitative estimate of drug-likeness (QED) is 0.582. The van der Waals surface area contributed by atoms with Gasteiger partial charge in [0.05, 0.1) is 6.61 Å². The number of hydrogen-bond donors (Lipinski definition) is 1. The van der Waals surface area contributed by atoms with Gasteiger partial charge in [0.1, 0.15) is 11.4 Å². The normalized spacial score (nSPS) is 10.8. The summed E-state index contributed by atoms with van der Waals surface area (Å²) in [5, 5.41) is 8.43. The van der Waals surface area contributed by atoms with E-state index < -0.39 is 23.1 Å². The van der Waals surface area contributed by atoms with E-state index in [1.807, 2.05) is 0 Å². The monoisotopic (exact) mass is 232 g/mol. The van der Waals surface area contributed by atoms with Gasteiger partial charge in [0.2, 0.25) is 0 Å². The molecule has 0 saturated carbocycles. The van der Waals surface area contributed by atoms with Crippen LogP contribution in [0.15, 0.2) is 18.2 Å². The Morgan fingerprint density at radius 3 is 2.50 bits per heavy atom. The van der Waals surface area contributed by atoms with Gasteiger partial charge in [0.25, 0.3) is 0 Å². The second-order valence-corrected chi connectivity index (χ2v) is 2.94. The van der Waals surface area contributed by atoms with Crippen LogP contribution in [-0.2, 0) is 6.18 Å². The largest absolute Gasteiger partial charge is 0.420 e. The summed E-state index contributed by atoms with van der Waals surface area (Å²) in [7, 11) is 0. The third-order valence-electron chi connectivity index (χ3n) is 1.76. The Bertz CT molecular complexity index is 426. The minimum absolute atomic E-state index is 0.0494. The lowest BCUT2D eigenvalue weighted by molar-refractivity contribution is -0.140. The molecule has 16 heavy (non-hydrogen) atoms. The van der Waals surface area contributed by atoms with E-state index in [1.54, 1.807) is 0 Å². The van der Waals surface area contributed by atoms with Gasteiger partial charge in [0.15, 0.2) is 0 Å². The first-order chi connectivity index (χ1) is 7.46. The maximum atomic E-state index is 13.0. The van der Waals surface area contributed by atoms with Gasteiger partial charge in [-0.15, -0.1) is 0 Å². The van der Waals surface area contributed by atoms with Gasteiger partial charge < -0.3 is 5.11 Å². The highest BCUT2D eigenvalue weighted by Crippen LogP contribution is 2.33. The van der Waals surface area contributed by atoms with Crippen LogP contribution in [0, 0.1) is 17.7 Å². The average molecular weight is 232 g/mol. The smallest absolute Gasteiger partial charge is 0.395 e. The molecule has 0 aliphatic rings. The molecule has 0 saturated heterocycles. The molecule has 0 aliphatic heterocycles. The Morgan fingerprint density at radius 1 is 1.25 bits per heavy atom. The minimum atomic E-state index is -4.77. The number of aliphatic hydroxyl groups is 1. The first-order valence-electron chi connectivity index (χ1n) is 4.42. The molecule has 0 aromatic heterocycles. The van der Waals surface area contributed by atoms with E-state index in [9.17, 15) is 17.6 Å². The molecule has 0 heterocycles. The zero-order chi connectivity index (χ0) is 12.2. The Balaban J connectivity index is 3.20. The van der Waals surface area contributed by atoms with E-state index in [4.69, 9.17) is 5.11 Å². The number of halogens is 4. The second kappa shape index (κ2) is 4.99. The molecule has 1 aromatic rings. The summed E-state index contributed by atoms with van der Waals surface area (Å²) < 4.78 is 50.4. The average Bonchev–Trinajstić information content (AvgIpc) is 2.16. The van der Waals surface area contributed by atoms with Gasteiger partial charge in [-0.2, -0.15) is 13.2 Å². The first kappa shape index (κ1) is 12.5. The van der Waals surface area contributed by atoms with E-state index in [2.05, 4.69) is 11.8 Å². The Kier molecular flexibility index (Phi) is 3.91. The zero-order valence-electron chi connectivity index (χ0n) is 8.11. The number of hydrogen-bond acceptors (Lipinski definition) is 1. The molecular formula is C11H8F4O. The molecule has 0 amide bonds. The van der Waals surface area contributed by atoms with E-state index in [-0.39, 0.29) is 13.0 Å². The summed E-state index contributed by atoms with van der Waals surface area (Å²) in [4.78, 5) is 0. The maximum absolute atomic E-state index is 13.0. The third-order valence-corrected chi connectivity index (χ3v) is 1.76. The minimum Gasteiger partial charge on any atom is -0.395 e. The summed E-state index contributed by atoms with van der Waals surface area (Å²) in [6.07, 6.45) is -4.72. The molecule has 1 rings (SSSR count). The van der Waals surface area contributed by atoms with Crippen LogP contribution in [0.25, 0.3) is 0 Å². The fraction of sp³-hybridized carbons (Fsp3) is 0.273. The Labute approximate surface area is 89.7 Å². The lowest BCUT2D eigenvalue weighted by Gasteiger charge is -2.09. The van der Waals surface area contributed by atoms with Crippen LogP contribution in [0.4, 0.5) is 17.6 Å². The summed E-state index contributed by atoms with van der Waals surface area (Å²) in [6.45, 7) is -0.246. The van der Waals surface area contributed by atoms with Gasteiger partial charge >= 0.3 is 6.18 Å². The van der Waals surface area contributed by atoms with Crippen molar-refractivity contribution in [2.24, 2.45) is 0 Å². The summed E-state index contributed by atoms with van der Waals surface area (Å²) >= 11 is 0. The molecule has 1 aromatic carbocycles. The van der Waals surface area contributed by atoms with Crippen LogP contribution in [0.1, 0.15) is 17.5 Å². The van der Waals surface area contributed by atoms with Gasteiger partial charge in [-0.1, -0.05) is 17.9 Å². The Hall–Kier alpha value is -1.54. The van der Waals surface area contributed by atoms with Crippen molar-refractivity contribution in [1.29, 1.82) is 0 Å². The molecular weight excluding hydrogens is 224 g/mol. The van der Waals surface area contributed by atoms with Crippen molar-refractivity contribution < 1.29 is 22.7 Å². The van der Waals surface area contributed by atoms with Crippen molar-refractivity contribution in [1.82, 2.24) is 0 Å². The van der Waals surface area contributed by atoms with Crippen molar-refractivity contribution in [2.45, 2.75) is 12.6 Å². The molecule has 0 bridgehead atoms. The van der Waals surface area contributed by atoms with Crippen LogP contribution in [0.3, 0.4) is 0 Å². The highest BCUT2D eigenvalue weighted by Gasteiger charge is 2.36. The molecule has 0 aliphatic carbocycles. The number of aliphatic hydroxyl groups excluding tert-OH is 1. The van der Waals surface area contributed by atoms with E-state index in [1.165, 1.54) is 0 Å².